The molecule has 0 saturated carbocycles. The Morgan fingerprint density at radius 1 is 1.58 bits per heavy atom. The number of nitrogens with zero attached hydrogens (tertiary/aromatic N) is 1. The first-order valence-electron chi connectivity index (χ1n) is 3.62. The van der Waals surface area contributed by atoms with Crippen LogP contribution in [0, 0.1) is 0 Å². The minimum absolute atomic E-state index is 0.172. The van der Waals surface area contributed by atoms with E-state index in [9.17, 15) is 0 Å². The fraction of sp³-hybridized carbons (Fsp3) is 0.250. The molecule has 2 nitrogen and oxygen atoms in total. The molecular formula is C8H10N2S2. The number of pyridine rings is 1. The summed E-state index contributed by atoms with van der Waals surface area (Å²) in [5, 5.41) is 4.56. The summed E-state index contributed by atoms with van der Waals surface area (Å²) in [6.45, 7) is 0. The van der Waals surface area contributed by atoms with Crippen LogP contribution < -0.4 is 5.32 Å². The average Bonchev–Trinajstić information content (AvgIpc) is 2.44. The van der Waals surface area contributed by atoms with E-state index in [0.717, 1.165) is 0 Å². The lowest BCUT2D eigenvalue weighted by Gasteiger charge is -1.98. The molecular weight excluding hydrogens is 188 g/mol. The number of fused-ring (bicyclic) bond motifs is 1. The molecule has 4 heteroatoms. The van der Waals surface area contributed by atoms with Crippen LogP contribution in [0.25, 0.3) is 0 Å². The van der Waals surface area contributed by atoms with Crippen LogP contribution >= 0.6 is 22.2 Å². The first-order valence-corrected chi connectivity index (χ1v) is 6.47. The smallest absolute Gasteiger partial charge is 0.116 e. The summed E-state index contributed by atoms with van der Waals surface area (Å²) in [7, 11) is 0.172. The Morgan fingerprint density at radius 3 is 3.08 bits per heavy atom. The van der Waals surface area contributed by atoms with Gasteiger partial charge in [-0.3, -0.25) is 0 Å². The van der Waals surface area contributed by atoms with Gasteiger partial charge in [0.2, 0.25) is 0 Å². The van der Waals surface area contributed by atoms with Gasteiger partial charge in [-0.2, -0.15) is 0 Å². The van der Waals surface area contributed by atoms with Gasteiger partial charge in [0.15, 0.2) is 0 Å². The standard InChI is InChI=1S/C8H10N2S2/c1-11-8-10-6-4-3-5-9-7(6)12(8)2/h3-5,10H,1-2H3. The summed E-state index contributed by atoms with van der Waals surface area (Å²) >= 11 is 1.77. The Labute approximate surface area is 78.7 Å². The van der Waals surface area contributed by atoms with Crippen molar-refractivity contribution in [1.29, 1.82) is 0 Å². The van der Waals surface area contributed by atoms with Gasteiger partial charge in [0.25, 0.3) is 0 Å². The Kier molecular flexibility index (Phi) is 2.11. The quantitative estimate of drug-likeness (QED) is 0.647. The lowest BCUT2D eigenvalue weighted by Crippen LogP contribution is -2.00. The van der Waals surface area contributed by atoms with Crippen molar-refractivity contribution >= 4 is 32.3 Å². The molecule has 0 spiro atoms. The van der Waals surface area contributed by atoms with E-state index < -0.39 is 0 Å². The molecule has 1 N–H and O–H groups in total. The fourth-order valence-electron chi connectivity index (χ4n) is 1.18. The Bertz CT molecular complexity index is 347. The zero-order valence-corrected chi connectivity index (χ0v) is 8.63. The van der Waals surface area contributed by atoms with Crippen LogP contribution in [0.3, 0.4) is 0 Å². The van der Waals surface area contributed by atoms with Crippen LogP contribution in [0.15, 0.2) is 23.4 Å². The molecule has 0 fully saturated rings. The monoisotopic (exact) mass is 198 g/mol. The molecule has 1 atom stereocenters. The van der Waals surface area contributed by atoms with Crippen molar-refractivity contribution in [3.8, 4) is 0 Å². The Morgan fingerprint density at radius 2 is 2.42 bits per heavy atom. The highest BCUT2D eigenvalue weighted by molar-refractivity contribution is 8.34. The third kappa shape index (κ3) is 1.15. The highest BCUT2D eigenvalue weighted by Gasteiger charge is 2.16. The van der Waals surface area contributed by atoms with Crippen molar-refractivity contribution in [2.45, 2.75) is 5.03 Å². The highest BCUT2D eigenvalue weighted by Crippen LogP contribution is 2.37. The topological polar surface area (TPSA) is 24.9 Å². The van der Waals surface area contributed by atoms with Crippen LogP contribution in [-0.4, -0.2) is 21.8 Å². The van der Waals surface area contributed by atoms with Crippen LogP contribution in [0.5, 0.6) is 0 Å². The fourth-order valence-corrected chi connectivity index (χ4v) is 3.74. The predicted octanol–water partition coefficient (Wildman–Crippen LogP) is 2.22. The lowest BCUT2D eigenvalue weighted by molar-refractivity contribution is 1.15. The van der Waals surface area contributed by atoms with Crippen LogP contribution in [0.2, 0.25) is 0 Å². The second kappa shape index (κ2) is 3.11. The number of hydrogen-bond acceptors (Lipinski definition) is 3. The first-order chi connectivity index (χ1) is 5.83. The average molecular weight is 198 g/mol. The van der Waals surface area contributed by atoms with Gasteiger partial charge >= 0.3 is 0 Å². The summed E-state index contributed by atoms with van der Waals surface area (Å²) < 4.78 is 1.32. The molecule has 2 heterocycles. The van der Waals surface area contributed by atoms with Crippen LogP contribution in [-0.2, 0) is 0 Å². The maximum Gasteiger partial charge on any atom is 0.116 e. The Balaban J connectivity index is 2.50. The van der Waals surface area contributed by atoms with Crippen molar-refractivity contribution in [2.75, 3.05) is 17.8 Å². The van der Waals surface area contributed by atoms with Crippen molar-refractivity contribution in [2.24, 2.45) is 0 Å². The minimum atomic E-state index is 0.172. The van der Waals surface area contributed by atoms with Gasteiger partial charge < -0.3 is 5.32 Å². The second-order valence-corrected chi connectivity index (χ2v) is 5.37. The van der Waals surface area contributed by atoms with Gasteiger partial charge in [0.05, 0.1) is 5.69 Å². The molecule has 0 aliphatic carbocycles. The van der Waals surface area contributed by atoms with E-state index in [1.165, 1.54) is 15.0 Å². The number of thioether (sulfide) groups is 1. The van der Waals surface area contributed by atoms with E-state index in [2.05, 4.69) is 28.9 Å². The number of rotatable bonds is 0. The molecule has 1 aliphatic rings. The molecule has 0 bridgehead atoms. The van der Waals surface area contributed by atoms with Crippen molar-refractivity contribution in [1.82, 2.24) is 4.98 Å². The minimum Gasteiger partial charge on any atom is -0.343 e. The maximum absolute atomic E-state index is 4.35. The highest BCUT2D eigenvalue weighted by atomic mass is 32.2. The van der Waals surface area contributed by atoms with Gasteiger partial charge in [-0.05, 0) is 24.6 Å². The molecule has 0 radical (unpaired) electrons. The van der Waals surface area contributed by atoms with Gasteiger partial charge in [-0.1, -0.05) is 0 Å². The molecule has 64 valence electrons. The van der Waals surface area contributed by atoms with E-state index in [-0.39, 0.29) is 10.5 Å². The van der Waals surface area contributed by atoms with E-state index in [1.54, 1.807) is 11.8 Å². The normalized spacial score (nSPS) is 20.5. The number of nitrogens with one attached hydrogen (secondary N) is 1. The van der Waals surface area contributed by atoms with E-state index >= 15 is 0 Å². The van der Waals surface area contributed by atoms with Gasteiger partial charge in [-0.15, -0.1) is 22.2 Å². The molecule has 12 heavy (non-hydrogen) atoms. The number of aromatic nitrogens is 1. The maximum atomic E-state index is 4.35. The van der Waals surface area contributed by atoms with Crippen LogP contribution in [0.1, 0.15) is 0 Å². The molecule has 0 aromatic carbocycles. The Hall–Kier alpha value is -0.480. The van der Waals surface area contributed by atoms with Crippen molar-refractivity contribution in [3.05, 3.63) is 18.3 Å². The van der Waals surface area contributed by atoms with E-state index in [4.69, 9.17) is 0 Å². The second-order valence-electron chi connectivity index (χ2n) is 2.48. The summed E-state index contributed by atoms with van der Waals surface area (Å²) in [4.78, 5) is 4.35. The summed E-state index contributed by atoms with van der Waals surface area (Å²) in [6, 6.07) is 4.04. The predicted molar refractivity (Wildman–Crippen MR) is 58.2 cm³/mol. The van der Waals surface area contributed by atoms with Crippen LogP contribution in [0.4, 0.5) is 5.69 Å². The molecule has 1 aromatic rings. The molecule has 1 unspecified atom stereocenters. The number of anilines is 1. The summed E-state index contributed by atoms with van der Waals surface area (Å²) in [5.74, 6) is 0. The molecule has 1 aliphatic heterocycles. The van der Waals surface area contributed by atoms with E-state index in [0.29, 0.717) is 0 Å². The van der Waals surface area contributed by atoms with Crippen molar-refractivity contribution < 1.29 is 0 Å². The zero-order chi connectivity index (χ0) is 8.55. The molecule has 2 rings (SSSR count). The largest absolute Gasteiger partial charge is 0.343 e. The lowest BCUT2D eigenvalue weighted by atomic mass is 10.4. The summed E-state index contributed by atoms with van der Waals surface area (Å²) in [6.07, 6.45) is 6.16. The van der Waals surface area contributed by atoms with Gasteiger partial charge in [0, 0.05) is 6.20 Å². The zero-order valence-electron chi connectivity index (χ0n) is 7.00. The molecule has 1 aromatic heterocycles. The molecule has 0 amide bonds. The summed E-state index contributed by atoms with van der Waals surface area (Å²) in [5.41, 5.74) is 1.17. The number of hydrogen-bond donors (Lipinski definition) is 1. The van der Waals surface area contributed by atoms with Crippen molar-refractivity contribution in [3.63, 3.8) is 0 Å². The third-order valence-corrected chi connectivity index (χ3v) is 5.05. The van der Waals surface area contributed by atoms with Gasteiger partial charge in [-0.25, -0.2) is 4.98 Å². The molecule has 0 saturated heterocycles. The van der Waals surface area contributed by atoms with E-state index in [1.807, 2.05) is 12.3 Å². The third-order valence-electron chi connectivity index (χ3n) is 1.76. The van der Waals surface area contributed by atoms with Gasteiger partial charge in [0.1, 0.15) is 9.35 Å². The SMILES string of the molecule is CSC1=S(C)c2ncccc2N1. The first kappa shape index (κ1) is 8.13.